The van der Waals surface area contributed by atoms with Crippen molar-refractivity contribution in [2.24, 2.45) is 0 Å². The largest absolute Gasteiger partial charge is 0.454 e. The zero-order valence-electron chi connectivity index (χ0n) is 9.12. The molecule has 0 fully saturated rings. The van der Waals surface area contributed by atoms with Crippen LogP contribution < -0.4 is 0 Å². The number of benzene rings is 1. The van der Waals surface area contributed by atoms with Crippen LogP contribution in [0.4, 0.5) is 0 Å². The molecule has 0 radical (unpaired) electrons. The van der Waals surface area contributed by atoms with Gasteiger partial charge in [0.1, 0.15) is 6.10 Å². The van der Waals surface area contributed by atoms with E-state index < -0.39 is 0 Å². The molecule has 0 spiro atoms. The molecule has 1 heterocycles. The highest BCUT2D eigenvalue weighted by molar-refractivity contribution is 14.1. The van der Waals surface area contributed by atoms with E-state index >= 15 is 0 Å². The molecule has 1 atom stereocenters. The van der Waals surface area contributed by atoms with Crippen LogP contribution >= 0.6 is 22.6 Å². The van der Waals surface area contributed by atoms with Gasteiger partial charge in [-0.3, -0.25) is 0 Å². The van der Waals surface area contributed by atoms with E-state index in [1.165, 1.54) is 17.3 Å². The molecule has 0 N–H and O–H groups in total. The highest BCUT2D eigenvalue weighted by Gasteiger charge is 2.29. The first-order valence-electron chi connectivity index (χ1n) is 5.69. The van der Waals surface area contributed by atoms with E-state index in [4.69, 9.17) is 4.74 Å². The minimum absolute atomic E-state index is 0.00193. The van der Waals surface area contributed by atoms with Gasteiger partial charge >= 0.3 is 5.97 Å². The summed E-state index contributed by atoms with van der Waals surface area (Å²) in [6, 6.07) is 7.71. The van der Waals surface area contributed by atoms with E-state index in [1.54, 1.807) is 0 Å². The standard InChI is InChI=1S/C13H15IO2/c14-9-5-1-2-8-12-10-6-3-4-7-11(10)13(15)16-12/h3-4,6-7,12H,1-2,5,8-9H2. The third kappa shape index (κ3) is 2.56. The normalized spacial score (nSPS) is 18.3. The number of hydrogen-bond donors (Lipinski definition) is 0. The number of ether oxygens (including phenoxy) is 1. The molecule has 1 aromatic carbocycles. The smallest absolute Gasteiger partial charge is 0.339 e. The molecule has 3 heteroatoms. The first kappa shape index (κ1) is 11.9. The maximum Gasteiger partial charge on any atom is 0.339 e. The van der Waals surface area contributed by atoms with Crippen molar-refractivity contribution in [2.45, 2.75) is 31.8 Å². The Kier molecular flexibility index (Phi) is 4.21. The third-order valence-corrected chi connectivity index (χ3v) is 3.64. The quantitative estimate of drug-likeness (QED) is 0.354. The molecule has 2 rings (SSSR count). The molecule has 0 saturated heterocycles. The van der Waals surface area contributed by atoms with E-state index in [1.807, 2.05) is 24.3 Å². The Morgan fingerprint density at radius 2 is 2.00 bits per heavy atom. The number of cyclic esters (lactones) is 1. The molecule has 16 heavy (non-hydrogen) atoms. The maximum atomic E-state index is 11.5. The molecule has 1 aliphatic rings. The summed E-state index contributed by atoms with van der Waals surface area (Å²) >= 11 is 2.39. The van der Waals surface area contributed by atoms with E-state index in [0.717, 1.165) is 24.0 Å². The first-order chi connectivity index (χ1) is 7.83. The second kappa shape index (κ2) is 5.66. The third-order valence-electron chi connectivity index (χ3n) is 2.88. The minimum atomic E-state index is -0.158. The molecular formula is C13H15IO2. The second-order valence-corrected chi connectivity index (χ2v) is 5.10. The highest BCUT2D eigenvalue weighted by atomic mass is 127. The number of unbranched alkanes of at least 4 members (excludes halogenated alkanes) is 2. The van der Waals surface area contributed by atoms with E-state index in [2.05, 4.69) is 22.6 Å². The van der Waals surface area contributed by atoms with Gasteiger partial charge in [0.25, 0.3) is 0 Å². The molecule has 2 nitrogen and oxygen atoms in total. The lowest BCUT2D eigenvalue weighted by Crippen LogP contribution is -1.98. The molecule has 0 amide bonds. The van der Waals surface area contributed by atoms with Crippen LogP contribution in [-0.2, 0) is 4.74 Å². The van der Waals surface area contributed by atoms with Gasteiger partial charge in [-0.15, -0.1) is 0 Å². The topological polar surface area (TPSA) is 26.3 Å². The molecule has 0 bridgehead atoms. The van der Waals surface area contributed by atoms with E-state index in [-0.39, 0.29) is 12.1 Å². The Bertz CT molecular complexity index is 376. The maximum absolute atomic E-state index is 11.5. The fourth-order valence-electron chi connectivity index (χ4n) is 2.04. The fourth-order valence-corrected chi connectivity index (χ4v) is 2.57. The average molecular weight is 330 g/mol. The molecule has 1 aliphatic heterocycles. The Hall–Kier alpha value is -0.580. The lowest BCUT2D eigenvalue weighted by molar-refractivity contribution is 0.0363. The van der Waals surface area contributed by atoms with E-state index in [9.17, 15) is 4.79 Å². The number of alkyl halides is 1. The number of esters is 1. The summed E-state index contributed by atoms with van der Waals surface area (Å²) < 4.78 is 6.58. The number of hydrogen-bond acceptors (Lipinski definition) is 2. The summed E-state index contributed by atoms with van der Waals surface area (Å²) in [5.41, 5.74) is 1.82. The predicted molar refractivity (Wildman–Crippen MR) is 72.0 cm³/mol. The van der Waals surface area contributed by atoms with Crippen LogP contribution in [0, 0.1) is 0 Å². The number of halogens is 1. The summed E-state index contributed by atoms with van der Waals surface area (Å²) in [4.78, 5) is 11.5. The Morgan fingerprint density at radius 3 is 2.81 bits per heavy atom. The summed E-state index contributed by atoms with van der Waals surface area (Å²) in [6.45, 7) is 0. The summed E-state index contributed by atoms with van der Waals surface area (Å²) in [7, 11) is 0. The Labute approximate surface area is 110 Å². The number of carbonyl (C=O) groups excluding carboxylic acids is 1. The van der Waals surface area contributed by atoms with E-state index in [0.29, 0.717) is 0 Å². The zero-order chi connectivity index (χ0) is 11.4. The van der Waals surface area contributed by atoms with Crippen molar-refractivity contribution in [1.82, 2.24) is 0 Å². The van der Waals surface area contributed by atoms with Crippen molar-refractivity contribution in [3.8, 4) is 0 Å². The van der Waals surface area contributed by atoms with Crippen LogP contribution in [0.2, 0.25) is 0 Å². The Balaban J connectivity index is 1.96. The predicted octanol–water partition coefficient (Wildman–Crippen LogP) is 3.89. The average Bonchev–Trinajstić information content (AvgIpc) is 2.63. The summed E-state index contributed by atoms with van der Waals surface area (Å²) in [5.74, 6) is -0.158. The SMILES string of the molecule is O=C1OC(CCCCCI)c2ccccc21. The van der Waals surface area contributed by atoms with Crippen molar-refractivity contribution in [1.29, 1.82) is 0 Å². The van der Waals surface area contributed by atoms with Crippen LogP contribution in [0.15, 0.2) is 24.3 Å². The van der Waals surface area contributed by atoms with Crippen molar-refractivity contribution in [3.05, 3.63) is 35.4 Å². The van der Waals surface area contributed by atoms with Gasteiger partial charge in [0.05, 0.1) is 5.56 Å². The monoisotopic (exact) mass is 330 g/mol. The molecule has 86 valence electrons. The van der Waals surface area contributed by atoms with Crippen LogP contribution in [-0.4, -0.2) is 10.4 Å². The van der Waals surface area contributed by atoms with Gasteiger partial charge in [0.15, 0.2) is 0 Å². The molecule has 0 aliphatic carbocycles. The van der Waals surface area contributed by atoms with Gasteiger partial charge in [-0.25, -0.2) is 4.79 Å². The second-order valence-electron chi connectivity index (χ2n) is 4.02. The van der Waals surface area contributed by atoms with Crippen LogP contribution in [0.3, 0.4) is 0 Å². The van der Waals surface area contributed by atoms with Crippen LogP contribution in [0.25, 0.3) is 0 Å². The number of rotatable bonds is 5. The summed E-state index contributed by atoms with van der Waals surface area (Å²) in [5, 5.41) is 0. The van der Waals surface area contributed by atoms with Crippen molar-refractivity contribution in [2.75, 3.05) is 4.43 Å². The van der Waals surface area contributed by atoms with Crippen LogP contribution in [0.5, 0.6) is 0 Å². The van der Waals surface area contributed by atoms with Gasteiger partial charge in [0.2, 0.25) is 0 Å². The fraction of sp³-hybridized carbons (Fsp3) is 0.462. The van der Waals surface area contributed by atoms with Crippen molar-refractivity contribution < 1.29 is 9.53 Å². The Morgan fingerprint density at radius 1 is 1.19 bits per heavy atom. The lowest BCUT2D eigenvalue weighted by Gasteiger charge is -2.09. The van der Waals surface area contributed by atoms with Crippen molar-refractivity contribution in [3.63, 3.8) is 0 Å². The highest BCUT2D eigenvalue weighted by Crippen LogP contribution is 2.33. The molecule has 0 aromatic heterocycles. The number of carbonyl (C=O) groups is 1. The van der Waals surface area contributed by atoms with Crippen molar-refractivity contribution >= 4 is 28.6 Å². The van der Waals surface area contributed by atoms with Gasteiger partial charge in [0, 0.05) is 5.56 Å². The van der Waals surface area contributed by atoms with Gasteiger partial charge in [-0.1, -0.05) is 47.2 Å². The number of fused-ring (bicyclic) bond motifs is 1. The first-order valence-corrected chi connectivity index (χ1v) is 7.21. The van der Waals surface area contributed by atoms with Gasteiger partial charge in [-0.2, -0.15) is 0 Å². The summed E-state index contributed by atoms with van der Waals surface area (Å²) in [6.07, 6.45) is 4.56. The van der Waals surface area contributed by atoms with Gasteiger partial charge in [-0.05, 0) is 29.8 Å². The van der Waals surface area contributed by atoms with Gasteiger partial charge < -0.3 is 4.74 Å². The molecule has 1 aromatic rings. The van der Waals surface area contributed by atoms with Crippen LogP contribution in [0.1, 0.15) is 47.7 Å². The lowest BCUT2D eigenvalue weighted by atomic mass is 10.0. The minimum Gasteiger partial charge on any atom is -0.454 e. The molecule has 0 saturated carbocycles. The molecular weight excluding hydrogens is 315 g/mol. The molecule has 1 unspecified atom stereocenters. The zero-order valence-corrected chi connectivity index (χ0v) is 11.3.